The number of aromatic amines is 1. The van der Waals surface area contributed by atoms with E-state index in [9.17, 15) is 4.79 Å². The summed E-state index contributed by atoms with van der Waals surface area (Å²) in [5, 5.41) is 0.426. The zero-order valence-corrected chi connectivity index (χ0v) is 9.33. The minimum atomic E-state index is -0.385. The molecular weight excluding hydrogens is 202 g/mol. The number of hydrogen-bond donors (Lipinski definition) is 1. The lowest BCUT2D eigenvalue weighted by molar-refractivity contribution is 0.488. The monoisotopic (exact) mass is 215 g/mol. The number of aromatic nitrogens is 1. The Kier molecular flexibility index (Phi) is 2.52. The third kappa shape index (κ3) is 2.14. The Morgan fingerprint density at radius 2 is 1.88 bits per heavy atom. The molecule has 0 fully saturated rings. The average molecular weight is 215 g/mol. The Hall–Kier alpha value is -2.03. The largest absolute Gasteiger partial charge is 0.405 e. The van der Waals surface area contributed by atoms with Crippen molar-refractivity contribution < 1.29 is 4.42 Å². The predicted octanol–water partition coefficient (Wildman–Crippen LogP) is 0.824. The summed E-state index contributed by atoms with van der Waals surface area (Å²) in [5.74, 6) is 0. The van der Waals surface area contributed by atoms with Gasteiger partial charge in [0, 0.05) is 0 Å². The van der Waals surface area contributed by atoms with Crippen LogP contribution in [0.4, 0.5) is 0 Å². The third-order valence-corrected chi connectivity index (χ3v) is 2.26. The van der Waals surface area contributed by atoms with Crippen molar-refractivity contribution in [2.75, 3.05) is 0 Å². The van der Waals surface area contributed by atoms with Gasteiger partial charge in [-0.1, -0.05) is 29.3 Å². The number of hydrogen-bond acceptors (Lipinski definition) is 2. The molecule has 1 heterocycles. The summed E-state index contributed by atoms with van der Waals surface area (Å²) in [4.78, 5) is 14.1. The zero-order valence-electron chi connectivity index (χ0n) is 9.33. The van der Waals surface area contributed by atoms with Crippen molar-refractivity contribution in [3.63, 3.8) is 0 Å². The number of nitrogens with one attached hydrogen (secondary N) is 1. The van der Waals surface area contributed by atoms with Gasteiger partial charge in [0.15, 0.2) is 5.55 Å². The predicted molar refractivity (Wildman–Crippen MR) is 63.6 cm³/mol. The van der Waals surface area contributed by atoms with Gasteiger partial charge in [-0.2, -0.15) is 0 Å². The van der Waals surface area contributed by atoms with Crippen LogP contribution in [0.25, 0.3) is 12.7 Å². The summed E-state index contributed by atoms with van der Waals surface area (Å²) in [6.07, 6.45) is 1.76. The maximum atomic E-state index is 11.3. The highest BCUT2D eigenvalue weighted by Crippen LogP contribution is 2.08. The Morgan fingerprint density at radius 3 is 2.38 bits per heavy atom. The topological polar surface area (TPSA) is 46.0 Å². The molecule has 1 N–H and O–H groups in total. The van der Waals surface area contributed by atoms with E-state index < -0.39 is 0 Å². The molecule has 0 aliphatic rings. The van der Waals surface area contributed by atoms with Crippen molar-refractivity contribution >= 4 is 12.7 Å². The summed E-state index contributed by atoms with van der Waals surface area (Å²) in [7, 11) is 0. The lowest BCUT2D eigenvalue weighted by Crippen LogP contribution is -2.21. The fraction of sp³-hybridized carbons (Fsp3) is 0.154. The summed E-state index contributed by atoms with van der Waals surface area (Å²) in [6.45, 7) is 7.58. The quantitative estimate of drug-likeness (QED) is 0.765. The fourth-order valence-corrected chi connectivity index (χ4v) is 1.75. The molecule has 0 radical (unpaired) electrons. The molecule has 0 saturated carbocycles. The SMILES string of the molecule is C=c1[nH]c(=Cc2cc(C)cc(C)c2)c(=O)o1. The first-order chi connectivity index (χ1) is 7.54. The molecule has 0 atom stereocenters. The molecule has 1 aromatic heterocycles. The van der Waals surface area contributed by atoms with Crippen LogP contribution in [-0.2, 0) is 0 Å². The molecule has 0 aliphatic heterocycles. The van der Waals surface area contributed by atoms with Gasteiger partial charge in [0.25, 0.3) is 0 Å². The van der Waals surface area contributed by atoms with Gasteiger partial charge in [-0.3, -0.25) is 0 Å². The molecule has 82 valence electrons. The van der Waals surface area contributed by atoms with E-state index in [-0.39, 0.29) is 11.2 Å². The van der Waals surface area contributed by atoms with E-state index in [1.54, 1.807) is 6.08 Å². The van der Waals surface area contributed by atoms with Crippen LogP contribution in [0, 0.1) is 13.8 Å². The maximum Gasteiger partial charge on any atom is 0.361 e. The van der Waals surface area contributed by atoms with Crippen molar-refractivity contribution in [3.8, 4) is 0 Å². The molecule has 0 bridgehead atoms. The molecule has 2 rings (SSSR count). The second-order valence-electron chi connectivity index (χ2n) is 3.92. The number of oxazole rings is 1. The van der Waals surface area contributed by atoms with Crippen LogP contribution in [0.2, 0.25) is 0 Å². The molecule has 1 aromatic carbocycles. The van der Waals surface area contributed by atoms with Crippen molar-refractivity contribution in [1.29, 1.82) is 0 Å². The molecular formula is C13H13NO2. The summed E-state index contributed by atoms with van der Waals surface area (Å²) in [6, 6.07) is 6.10. The number of aryl methyl sites for hydroxylation is 2. The van der Waals surface area contributed by atoms with Gasteiger partial charge in [-0.05, 0) is 32.1 Å². The molecule has 0 amide bonds. The van der Waals surface area contributed by atoms with Gasteiger partial charge in [0.1, 0.15) is 5.35 Å². The van der Waals surface area contributed by atoms with Crippen molar-refractivity contribution in [2.45, 2.75) is 13.8 Å². The van der Waals surface area contributed by atoms with Crippen molar-refractivity contribution in [3.05, 3.63) is 56.2 Å². The van der Waals surface area contributed by atoms with Crippen LogP contribution < -0.4 is 16.5 Å². The number of rotatable bonds is 1. The first-order valence-electron chi connectivity index (χ1n) is 5.03. The lowest BCUT2D eigenvalue weighted by Gasteiger charge is -1.98. The molecule has 3 nitrogen and oxygen atoms in total. The minimum absolute atomic E-state index is 0.278. The van der Waals surface area contributed by atoms with E-state index >= 15 is 0 Å². The van der Waals surface area contributed by atoms with Crippen molar-refractivity contribution in [2.24, 2.45) is 0 Å². The number of benzene rings is 1. The first kappa shape index (κ1) is 10.5. The van der Waals surface area contributed by atoms with Crippen LogP contribution in [0.15, 0.2) is 27.4 Å². The highest BCUT2D eigenvalue weighted by atomic mass is 16.4. The van der Waals surface area contributed by atoms with E-state index in [1.165, 1.54) is 0 Å². The van der Waals surface area contributed by atoms with Crippen LogP contribution in [0.5, 0.6) is 0 Å². The van der Waals surface area contributed by atoms with E-state index in [0.717, 1.165) is 16.7 Å². The normalized spacial score (nSPS) is 12.0. The smallest absolute Gasteiger partial charge is 0.361 e. The van der Waals surface area contributed by atoms with E-state index in [1.807, 2.05) is 26.0 Å². The fourth-order valence-electron chi connectivity index (χ4n) is 1.75. The highest BCUT2D eigenvalue weighted by Gasteiger charge is 1.96. The maximum absolute atomic E-state index is 11.3. The van der Waals surface area contributed by atoms with Crippen LogP contribution >= 0.6 is 0 Å². The van der Waals surface area contributed by atoms with Gasteiger partial charge in [-0.15, -0.1) is 0 Å². The van der Waals surface area contributed by atoms with E-state index in [2.05, 4.69) is 17.6 Å². The molecule has 0 aliphatic carbocycles. The first-order valence-corrected chi connectivity index (χ1v) is 5.03. The Balaban J connectivity index is 2.63. The second-order valence-corrected chi connectivity index (χ2v) is 3.92. The summed E-state index contributed by atoms with van der Waals surface area (Å²) >= 11 is 0. The van der Waals surface area contributed by atoms with E-state index in [0.29, 0.717) is 5.35 Å². The second kappa shape index (κ2) is 3.85. The Bertz CT molecular complexity index is 656. The van der Waals surface area contributed by atoms with Gasteiger partial charge < -0.3 is 9.40 Å². The standard InChI is InChI=1S/C13H13NO2/c1-8-4-9(2)6-11(5-8)7-12-13(15)16-10(3)14-12/h4-7,14H,3H2,1-2H3. The zero-order chi connectivity index (χ0) is 11.7. The Morgan fingerprint density at radius 1 is 1.25 bits per heavy atom. The molecule has 3 heteroatoms. The van der Waals surface area contributed by atoms with Gasteiger partial charge in [-0.25, -0.2) is 4.79 Å². The van der Waals surface area contributed by atoms with E-state index in [4.69, 9.17) is 4.42 Å². The Labute approximate surface area is 92.7 Å². The summed E-state index contributed by atoms with van der Waals surface area (Å²) in [5.41, 5.74) is 3.20. The van der Waals surface area contributed by atoms with Crippen LogP contribution in [0.1, 0.15) is 16.7 Å². The highest BCUT2D eigenvalue weighted by molar-refractivity contribution is 5.50. The summed E-state index contributed by atoms with van der Waals surface area (Å²) < 4.78 is 4.79. The van der Waals surface area contributed by atoms with Gasteiger partial charge in [0.05, 0.1) is 0 Å². The number of H-pyrrole nitrogens is 1. The molecule has 0 spiro atoms. The minimum Gasteiger partial charge on any atom is -0.405 e. The molecule has 2 aromatic rings. The van der Waals surface area contributed by atoms with Gasteiger partial charge >= 0.3 is 5.63 Å². The van der Waals surface area contributed by atoms with Crippen LogP contribution in [0.3, 0.4) is 0 Å². The lowest BCUT2D eigenvalue weighted by atomic mass is 10.1. The van der Waals surface area contributed by atoms with Crippen LogP contribution in [-0.4, -0.2) is 4.98 Å². The third-order valence-electron chi connectivity index (χ3n) is 2.26. The molecule has 16 heavy (non-hydrogen) atoms. The molecule has 0 saturated heterocycles. The average Bonchev–Trinajstić information content (AvgIpc) is 2.43. The van der Waals surface area contributed by atoms with Crippen molar-refractivity contribution in [1.82, 2.24) is 4.98 Å². The molecule has 0 unspecified atom stereocenters. The van der Waals surface area contributed by atoms with Gasteiger partial charge in [0.2, 0.25) is 0 Å².